The van der Waals surface area contributed by atoms with E-state index in [4.69, 9.17) is 4.74 Å². The minimum Gasteiger partial charge on any atom is -0.469 e. The molecule has 0 radical (unpaired) electrons. The average Bonchev–Trinajstić information content (AvgIpc) is 2.96. The zero-order valence-corrected chi connectivity index (χ0v) is 18.9. The highest BCUT2D eigenvalue weighted by Gasteiger charge is 2.36. The van der Waals surface area contributed by atoms with Gasteiger partial charge in [-0.05, 0) is 44.8 Å². The Morgan fingerprint density at radius 2 is 1.88 bits per heavy atom. The van der Waals surface area contributed by atoms with Gasteiger partial charge in [0.05, 0.1) is 13.0 Å². The van der Waals surface area contributed by atoms with Crippen molar-refractivity contribution in [2.45, 2.75) is 40.0 Å². The second kappa shape index (κ2) is 13.6. The largest absolute Gasteiger partial charge is 0.469 e. The number of nitrogens with one attached hydrogen (secondary N) is 1. The number of hydrogen-bond acceptors (Lipinski definition) is 4. The topological polar surface area (TPSA) is 57.2 Å². The van der Waals surface area contributed by atoms with Crippen LogP contribution in [-0.4, -0.2) is 75.2 Å². The lowest BCUT2D eigenvalue weighted by Crippen LogP contribution is -2.41. The maximum Gasteiger partial charge on any atom is 0.310 e. The Bertz CT molecular complexity index is 401. The predicted molar refractivity (Wildman–Crippen MR) is 115 cm³/mol. The van der Waals surface area contributed by atoms with Gasteiger partial charge in [0.2, 0.25) is 0 Å². The molecule has 2 unspecified atom stereocenters. The summed E-state index contributed by atoms with van der Waals surface area (Å²) in [7, 11) is 3.27. The Labute approximate surface area is 170 Å². The minimum absolute atomic E-state index is 0. The molecule has 1 heterocycles. The summed E-state index contributed by atoms with van der Waals surface area (Å²) in [6.45, 7) is 12.5. The number of aliphatic imine (C=N–C) groups is 1. The Kier molecular flexibility index (Phi) is 13.3. The highest BCUT2D eigenvalue weighted by atomic mass is 127. The van der Waals surface area contributed by atoms with Crippen LogP contribution in [0.15, 0.2) is 4.99 Å². The van der Waals surface area contributed by atoms with E-state index in [-0.39, 0.29) is 35.9 Å². The fourth-order valence-corrected chi connectivity index (χ4v) is 3.40. The number of rotatable bonds is 9. The van der Waals surface area contributed by atoms with Crippen LogP contribution in [0.2, 0.25) is 0 Å². The van der Waals surface area contributed by atoms with E-state index in [0.29, 0.717) is 12.5 Å². The maximum absolute atomic E-state index is 11.8. The molecule has 0 bridgehead atoms. The number of halogens is 1. The third-order valence-electron chi connectivity index (χ3n) is 4.64. The van der Waals surface area contributed by atoms with Gasteiger partial charge in [0.1, 0.15) is 0 Å². The molecule has 0 aromatic heterocycles. The van der Waals surface area contributed by atoms with Crippen LogP contribution in [0.3, 0.4) is 0 Å². The molecule has 0 saturated carbocycles. The van der Waals surface area contributed by atoms with Crippen LogP contribution in [0.1, 0.15) is 40.0 Å². The van der Waals surface area contributed by atoms with Crippen LogP contribution in [-0.2, 0) is 9.53 Å². The van der Waals surface area contributed by atoms with E-state index in [2.05, 4.69) is 40.9 Å². The van der Waals surface area contributed by atoms with Crippen molar-refractivity contribution in [3.8, 4) is 0 Å². The fraction of sp³-hybridized carbons (Fsp3) is 0.889. The van der Waals surface area contributed by atoms with Crippen molar-refractivity contribution < 1.29 is 9.53 Å². The average molecular weight is 468 g/mol. The van der Waals surface area contributed by atoms with Gasteiger partial charge in [0, 0.05) is 26.7 Å². The lowest BCUT2D eigenvalue weighted by atomic mass is 9.99. The number of nitrogens with zero attached hydrogens (tertiary/aromatic N) is 3. The molecular weight excluding hydrogens is 431 g/mol. The first-order valence-corrected chi connectivity index (χ1v) is 9.33. The van der Waals surface area contributed by atoms with Gasteiger partial charge in [-0.3, -0.25) is 9.79 Å². The quantitative estimate of drug-likeness (QED) is 0.185. The van der Waals surface area contributed by atoms with E-state index in [0.717, 1.165) is 32.0 Å². The van der Waals surface area contributed by atoms with Gasteiger partial charge < -0.3 is 19.9 Å². The van der Waals surface area contributed by atoms with E-state index < -0.39 is 0 Å². The third-order valence-corrected chi connectivity index (χ3v) is 4.64. The van der Waals surface area contributed by atoms with Crippen molar-refractivity contribution in [3.05, 3.63) is 0 Å². The number of carbonyl (C=O) groups is 1. The first-order chi connectivity index (χ1) is 11.6. The van der Waals surface area contributed by atoms with Gasteiger partial charge >= 0.3 is 5.97 Å². The summed E-state index contributed by atoms with van der Waals surface area (Å²) in [5.41, 5.74) is 0. The van der Waals surface area contributed by atoms with Crippen molar-refractivity contribution >= 4 is 35.9 Å². The van der Waals surface area contributed by atoms with Crippen molar-refractivity contribution in [2.75, 3.05) is 53.4 Å². The molecule has 1 N–H and O–H groups in total. The van der Waals surface area contributed by atoms with Crippen LogP contribution in [0.4, 0.5) is 0 Å². The predicted octanol–water partition coefficient (Wildman–Crippen LogP) is 2.43. The standard InChI is InChI=1S/C18H36N4O2.HI/c1-6-10-21(11-7-2)12-8-9-20-18(19-4)22-13-15(3)16(14-22)17(23)24-5;/h15-16H,6-14H2,1-5H3,(H,19,20);1H. The van der Waals surface area contributed by atoms with E-state index in [1.165, 1.54) is 33.0 Å². The lowest BCUT2D eigenvalue weighted by molar-refractivity contribution is -0.145. The third kappa shape index (κ3) is 8.11. The minimum atomic E-state index is -0.116. The first kappa shape index (κ1) is 24.4. The van der Waals surface area contributed by atoms with Gasteiger partial charge in [-0.15, -0.1) is 24.0 Å². The molecule has 1 aliphatic rings. The maximum atomic E-state index is 11.8. The fourth-order valence-electron chi connectivity index (χ4n) is 3.40. The van der Waals surface area contributed by atoms with E-state index in [9.17, 15) is 4.79 Å². The van der Waals surface area contributed by atoms with Gasteiger partial charge in [-0.25, -0.2) is 0 Å². The summed E-state index contributed by atoms with van der Waals surface area (Å²) < 4.78 is 4.91. The second-order valence-corrected chi connectivity index (χ2v) is 6.68. The summed E-state index contributed by atoms with van der Waals surface area (Å²) in [5.74, 6) is 1.01. The molecule has 6 nitrogen and oxygen atoms in total. The molecule has 1 fully saturated rings. The van der Waals surface area contributed by atoms with Gasteiger partial charge in [0.25, 0.3) is 0 Å². The van der Waals surface area contributed by atoms with Crippen molar-refractivity contribution in [3.63, 3.8) is 0 Å². The Balaban J connectivity index is 0.00000576. The molecular formula is C18H37IN4O2. The van der Waals surface area contributed by atoms with E-state index in [1.807, 2.05) is 0 Å². The molecule has 1 saturated heterocycles. The molecule has 2 atom stereocenters. The van der Waals surface area contributed by atoms with E-state index >= 15 is 0 Å². The first-order valence-electron chi connectivity index (χ1n) is 9.33. The van der Waals surface area contributed by atoms with Gasteiger partial charge in [-0.2, -0.15) is 0 Å². The molecule has 25 heavy (non-hydrogen) atoms. The Morgan fingerprint density at radius 3 is 2.40 bits per heavy atom. The number of carbonyl (C=O) groups excluding carboxylic acids is 1. The molecule has 1 rings (SSSR count). The van der Waals surface area contributed by atoms with Gasteiger partial charge in [0.15, 0.2) is 5.96 Å². The lowest BCUT2D eigenvalue weighted by Gasteiger charge is -2.23. The molecule has 148 valence electrons. The number of guanidine groups is 1. The van der Waals surface area contributed by atoms with Crippen LogP contribution in [0.5, 0.6) is 0 Å². The zero-order chi connectivity index (χ0) is 17.9. The molecule has 0 aromatic rings. The van der Waals surface area contributed by atoms with Crippen LogP contribution >= 0.6 is 24.0 Å². The highest BCUT2D eigenvalue weighted by molar-refractivity contribution is 14.0. The monoisotopic (exact) mass is 468 g/mol. The van der Waals surface area contributed by atoms with Gasteiger partial charge in [-0.1, -0.05) is 20.8 Å². The number of esters is 1. The molecule has 7 heteroatoms. The van der Waals surface area contributed by atoms with E-state index in [1.54, 1.807) is 7.05 Å². The van der Waals surface area contributed by atoms with Crippen LogP contribution in [0.25, 0.3) is 0 Å². The smallest absolute Gasteiger partial charge is 0.310 e. The Morgan fingerprint density at radius 1 is 1.24 bits per heavy atom. The molecule has 1 aliphatic heterocycles. The van der Waals surface area contributed by atoms with Crippen LogP contribution in [0, 0.1) is 11.8 Å². The molecule has 0 spiro atoms. The number of likely N-dealkylation sites (tertiary alicyclic amines) is 1. The SMILES string of the molecule is CCCN(CCC)CCCNC(=NC)N1CC(C)C(C(=O)OC)C1.I. The molecule has 0 aliphatic carbocycles. The highest BCUT2D eigenvalue weighted by Crippen LogP contribution is 2.23. The number of hydrogen-bond donors (Lipinski definition) is 1. The Hall–Kier alpha value is -0.570. The number of ether oxygens (including phenoxy) is 1. The molecule has 0 amide bonds. The van der Waals surface area contributed by atoms with Crippen molar-refractivity contribution in [1.29, 1.82) is 0 Å². The van der Waals surface area contributed by atoms with Crippen LogP contribution < -0.4 is 5.32 Å². The van der Waals surface area contributed by atoms with Crippen molar-refractivity contribution in [2.24, 2.45) is 16.8 Å². The van der Waals surface area contributed by atoms with Crippen molar-refractivity contribution in [1.82, 2.24) is 15.1 Å². The summed E-state index contributed by atoms with van der Waals surface area (Å²) >= 11 is 0. The summed E-state index contributed by atoms with van der Waals surface area (Å²) in [5, 5.41) is 3.45. The zero-order valence-electron chi connectivity index (χ0n) is 16.6. The normalized spacial score (nSPS) is 20.6. The molecule has 0 aromatic carbocycles. The summed E-state index contributed by atoms with van der Waals surface area (Å²) in [6.07, 6.45) is 3.51. The second-order valence-electron chi connectivity index (χ2n) is 6.68. The summed E-state index contributed by atoms with van der Waals surface area (Å²) in [4.78, 5) is 20.9. The number of methoxy groups -OCH3 is 1. The summed E-state index contributed by atoms with van der Waals surface area (Å²) in [6, 6.07) is 0.